The van der Waals surface area contributed by atoms with Gasteiger partial charge >= 0.3 is 0 Å². The molecule has 8 nitrogen and oxygen atoms in total. The Labute approximate surface area is 162 Å². The molecule has 0 aliphatic rings. The SMILES string of the molecule is CCNc1cc(Nc2ccc(C#N)cn2)ncc1C(=O)NC[C@@H](F)C(C)(C)O. The number of nitrogens with one attached hydrogen (secondary N) is 3. The Bertz CT molecular complexity index is 858. The molecule has 148 valence electrons. The minimum absolute atomic E-state index is 0.253. The summed E-state index contributed by atoms with van der Waals surface area (Å²) < 4.78 is 13.9. The fraction of sp³-hybridized carbons (Fsp3) is 0.368. The summed E-state index contributed by atoms with van der Waals surface area (Å²) in [5.74, 6) is 0.444. The summed E-state index contributed by atoms with van der Waals surface area (Å²) in [5.41, 5.74) is -0.332. The molecule has 0 saturated carbocycles. The van der Waals surface area contributed by atoms with E-state index in [2.05, 4.69) is 25.9 Å². The minimum atomic E-state index is -1.60. The Morgan fingerprint density at radius 1 is 1.32 bits per heavy atom. The molecule has 2 heterocycles. The first-order valence-corrected chi connectivity index (χ1v) is 8.76. The Morgan fingerprint density at radius 3 is 2.61 bits per heavy atom. The first kappa shape index (κ1) is 21.1. The molecule has 2 aromatic heterocycles. The van der Waals surface area contributed by atoms with Gasteiger partial charge in [-0.3, -0.25) is 4.79 Å². The number of carbonyl (C=O) groups is 1. The number of nitriles is 1. The highest BCUT2D eigenvalue weighted by Gasteiger charge is 2.27. The summed E-state index contributed by atoms with van der Waals surface area (Å²) in [4.78, 5) is 20.7. The van der Waals surface area contributed by atoms with Crippen molar-refractivity contribution in [3.63, 3.8) is 0 Å². The maximum absolute atomic E-state index is 13.9. The van der Waals surface area contributed by atoms with Gasteiger partial charge in [0.2, 0.25) is 0 Å². The predicted molar refractivity (Wildman–Crippen MR) is 104 cm³/mol. The van der Waals surface area contributed by atoms with Gasteiger partial charge in [-0.15, -0.1) is 0 Å². The second-order valence-corrected chi connectivity index (χ2v) is 6.65. The summed E-state index contributed by atoms with van der Waals surface area (Å²) in [6.45, 7) is 4.81. The van der Waals surface area contributed by atoms with Crippen LogP contribution in [-0.4, -0.2) is 45.8 Å². The van der Waals surface area contributed by atoms with Crippen LogP contribution in [0.25, 0.3) is 0 Å². The lowest BCUT2D eigenvalue weighted by atomic mass is 10.0. The van der Waals surface area contributed by atoms with Gasteiger partial charge in [-0.25, -0.2) is 14.4 Å². The summed E-state index contributed by atoms with van der Waals surface area (Å²) >= 11 is 0. The fourth-order valence-electron chi connectivity index (χ4n) is 2.23. The number of hydrogen-bond donors (Lipinski definition) is 4. The first-order valence-electron chi connectivity index (χ1n) is 8.76. The molecule has 0 aliphatic heterocycles. The molecule has 28 heavy (non-hydrogen) atoms. The van der Waals surface area contributed by atoms with Crippen LogP contribution < -0.4 is 16.0 Å². The number of pyridine rings is 2. The molecular formula is C19H23FN6O2. The Balaban J connectivity index is 2.14. The zero-order chi connectivity index (χ0) is 20.7. The number of amides is 1. The molecule has 2 rings (SSSR count). The van der Waals surface area contributed by atoms with Gasteiger partial charge in [0.25, 0.3) is 5.91 Å². The largest absolute Gasteiger partial charge is 0.387 e. The molecule has 4 N–H and O–H groups in total. The van der Waals surface area contributed by atoms with Crippen LogP contribution in [0.1, 0.15) is 36.7 Å². The average molecular weight is 386 g/mol. The highest BCUT2D eigenvalue weighted by molar-refractivity contribution is 5.99. The molecule has 0 spiro atoms. The average Bonchev–Trinajstić information content (AvgIpc) is 2.66. The van der Waals surface area contributed by atoms with E-state index < -0.39 is 17.7 Å². The van der Waals surface area contributed by atoms with Crippen molar-refractivity contribution in [2.75, 3.05) is 23.7 Å². The van der Waals surface area contributed by atoms with Crippen molar-refractivity contribution in [2.45, 2.75) is 32.5 Å². The van der Waals surface area contributed by atoms with Crippen LogP contribution in [-0.2, 0) is 0 Å². The molecule has 1 amide bonds. The van der Waals surface area contributed by atoms with Crippen LogP contribution in [0.4, 0.5) is 21.7 Å². The number of anilines is 3. The van der Waals surface area contributed by atoms with Crippen molar-refractivity contribution < 1.29 is 14.3 Å². The Morgan fingerprint density at radius 2 is 2.04 bits per heavy atom. The van der Waals surface area contributed by atoms with E-state index in [1.807, 2.05) is 13.0 Å². The second kappa shape index (κ2) is 9.10. The quantitative estimate of drug-likeness (QED) is 0.549. The van der Waals surface area contributed by atoms with Crippen molar-refractivity contribution in [2.24, 2.45) is 0 Å². The first-order chi connectivity index (χ1) is 13.2. The number of aliphatic hydroxyl groups is 1. The summed E-state index contributed by atoms with van der Waals surface area (Å²) in [6.07, 6.45) is 1.21. The monoisotopic (exact) mass is 386 g/mol. The third kappa shape index (κ3) is 5.62. The maximum atomic E-state index is 13.9. The highest BCUT2D eigenvalue weighted by atomic mass is 19.1. The smallest absolute Gasteiger partial charge is 0.255 e. The number of halogens is 1. The van der Waals surface area contributed by atoms with Crippen molar-refractivity contribution >= 4 is 23.2 Å². The van der Waals surface area contributed by atoms with Crippen LogP contribution in [0.15, 0.2) is 30.6 Å². The third-order valence-corrected chi connectivity index (χ3v) is 3.87. The summed E-state index contributed by atoms with van der Waals surface area (Å²) in [7, 11) is 0. The van der Waals surface area contributed by atoms with Crippen molar-refractivity contribution in [1.82, 2.24) is 15.3 Å². The molecule has 0 fully saturated rings. The van der Waals surface area contributed by atoms with E-state index in [1.165, 1.54) is 26.2 Å². The van der Waals surface area contributed by atoms with E-state index in [4.69, 9.17) is 5.26 Å². The van der Waals surface area contributed by atoms with Gasteiger partial charge in [-0.2, -0.15) is 5.26 Å². The Kier molecular flexibility index (Phi) is 6.84. The van der Waals surface area contributed by atoms with Crippen molar-refractivity contribution in [1.29, 1.82) is 5.26 Å². The molecule has 1 atom stereocenters. The van der Waals surface area contributed by atoms with Crippen LogP contribution in [0.3, 0.4) is 0 Å². The number of carbonyl (C=O) groups excluding carboxylic acids is 1. The number of nitrogens with zero attached hydrogens (tertiary/aromatic N) is 3. The van der Waals surface area contributed by atoms with E-state index >= 15 is 0 Å². The highest BCUT2D eigenvalue weighted by Crippen LogP contribution is 2.21. The summed E-state index contributed by atoms with van der Waals surface area (Å²) in [5, 5.41) is 27.0. The third-order valence-electron chi connectivity index (χ3n) is 3.87. The molecule has 0 aliphatic carbocycles. The summed E-state index contributed by atoms with van der Waals surface area (Å²) in [6, 6.07) is 6.90. The minimum Gasteiger partial charge on any atom is -0.387 e. The van der Waals surface area contributed by atoms with E-state index in [1.54, 1.807) is 18.2 Å². The lowest BCUT2D eigenvalue weighted by molar-refractivity contribution is -0.00177. The van der Waals surface area contributed by atoms with E-state index in [0.717, 1.165) is 0 Å². The van der Waals surface area contributed by atoms with Gasteiger partial charge in [0.1, 0.15) is 23.9 Å². The molecule has 9 heteroatoms. The molecule has 0 unspecified atom stereocenters. The van der Waals surface area contributed by atoms with Crippen molar-refractivity contribution in [3.8, 4) is 6.07 Å². The zero-order valence-electron chi connectivity index (χ0n) is 16.0. The van der Waals surface area contributed by atoms with Crippen LogP contribution in [0.2, 0.25) is 0 Å². The van der Waals surface area contributed by atoms with Crippen molar-refractivity contribution in [3.05, 3.63) is 41.7 Å². The number of aromatic nitrogens is 2. The lowest BCUT2D eigenvalue weighted by Crippen LogP contribution is -2.42. The van der Waals surface area contributed by atoms with Gasteiger partial charge < -0.3 is 21.1 Å². The topological polar surface area (TPSA) is 123 Å². The van der Waals surface area contributed by atoms with Gasteiger partial charge in [0, 0.05) is 25.0 Å². The van der Waals surface area contributed by atoms with Crippen LogP contribution >= 0.6 is 0 Å². The number of alkyl halides is 1. The lowest BCUT2D eigenvalue weighted by Gasteiger charge is -2.22. The zero-order valence-corrected chi connectivity index (χ0v) is 16.0. The van der Waals surface area contributed by atoms with E-state index in [0.29, 0.717) is 29.4 Å². The van der Waals surface area contributed by atoms with Gasteiger partial charge in [-0.05, 0) is 32.9 Å². The standard InChI is InChI=1S/C19H23FN6O2/c1-4-22-14-7-17(26-16-6-5-12(8-21)9-23-16)24-10-13(14)18(27)25-11-15(20)19(2,3)28/h5-7,9-10,15,28H,4,11H2,1-3H3,(H,25,27)(H2,22,23,24,26)/t15-/m1/s1. The molecule has 0 bridgehead atoms. The molecule has 0 radical (unpaired) electrons. The van der Waals surface area contributed by atoms with Gasteiger partial charge in [0.15, 0.2) is 0 Å². The van der Waals surface area contributed by atoms with E-state index in [9.17, 15) is 14.3 Å². The maximum Gasteiger partial charge on any atom is 0.255 e. The van der Waals surface area contributed by atoms with Gasteiger partial charge in [-0.1, -0.05) is 0 Å². The van der Waals surface area contributed by atoms with Crippen LogP contribution in [0, 0.1) is 11.3 Å². The molecule has 0 aromatic carbocycles. The second-order valence-electron chi connectivity index (χ2n) is 6.65. The molecular weight excluding hydrogens is 363 g/mol. The molecule has 2 aromatic rings. The number of hydrogen-bond acceptors (Lipinski definition) is 7. The fourth-order valence-corrected chi connectivity index (χ4v) is 2.23. The van der Waals surface area contributed by atoms with Crippen LogP contribution in [0.5, 0.6) is 0 Å². The normalized spacial score (nSPS) is 12.0. The number of rotatable bonds is 8. The Hall–Kier alpha value is -3.25. The molecule has 0 saturated heterocycles. The van der Waals surface area contributed by atoms with E-state index in [-0.39, 0.29) is 12.1 Å². The predicted octanol–water partition coefficient (Wildman–Crippen LogP) is 2.36. The van der Waals surface area contributed by atoms with Gasteiger partial charge in [0.05, 0.1) is 29.0 Å².